The first-order chi connectivity index (χ1) is 8.42. The van der Waals surface area contributed by atoms with E-state index in [2.05, 4.69) is 41.7 Å². The monoisotopic (exact) mass is 248 g/mol. The molecule has 4 nitrogen and oxygen atoms in total. The quantitative estimate of drug-likeness (QED) is 0.864. The van der Waals surface area contributed by atoms with Crippen molar-refractivity contribution in [3.8, 4) is 0 Å². The molecule has 0 saturated carbocycles. The van der Waals surface area contributed by atoms with Gasteiger partial charge in [-0.05, 0) is 33.9 Å². The van der Waals surface area contributed by atoms with E-state index in [4.69, 9.17) is 5.73 Å². The highest BCUT2D eigenvalue weighted by molar-refractivity contribution is 5.49. The van der Waals surface area contributed by atoms with Crippen molar-refractivity contribution < 1.29 is 0 Å². The molecule has 18 heavy (non-hydrogen) atoms. The molecule has 0 bridgehead atoms. The van der Waals surface area contributed by atoms with Crippen molar-refractivity contribution in [2.75, 3.05) is 31.6 Å². The Hall–Kier alpha value is -1.13. The number of likely N-dealkylation sites (N-methyl/N-ethyl adjacent to an activating group) is 1. The molecule has 1 aliphatic heterocycles. The minimum absolute atomic E-state index is 0.0245. The van der Waals surface area contributed by atoms with Crippen molar-refractivity contribution in [1.29, 1.82) is 0 Å². The number of aromatic nitrogens is 1. The van der Waals surface area contributed by atoms with Crippen LogP contribution in [0.3, 0.4) is 0 Å². The normalized spacial score (nSPS) is 21.9. The van der Waals surface area contributed by atoms with E-state index < -0.39 is 0 Å². The molecule has 0 spiro atoms. The van der Waals surface area contributed by atoms with Gasteiger partial charge in [-0.15, -0.1) is 0 Å². The molecular formula is C14H24N4. The first-order valence-electron chi connectivity index (χ1n) is 6.58. The zero-order valence-electron chi connectivity index (χ0n) is 11.8. The first kappa shape index (κ1) is 13.3. The lowest BCUT2D eigenvalue weighted by Gasteiger charge is -2.46. The number of piperazine rings is 1. The van der Waals surface area contributed by atoms with Gasteiger partial charge in [-0.3, -0.25) is 4.90 Å². The van der Waals surface area contributed by atoms with Gasteiger partial charge < -0.3 is 10.6 Å². The van der Waals surface area contributed by atoms with Crippen LogP contribution < -0.4 is 10.6 Å². The minimum Gasteiger partial charge on any atom is -0.353 e. The first-order valence-corrected chi connectivity index (χ1v) is 6.58. The van der Waals surface area contributed by atoms with Crippen LogP contribution in [0, 0.1) is 0 Å². The van der Waals surface area contributed by atoms with Crippen LogP contribution in [0.5, 0.6) is 0 Å². The van der Waals surface area contributed by atoms with Crippen molar-refractivity contribution in [3.05, 3.63) is 23.9 Å². The Morgan fingerprint density at radius 3 is 2.72 bits per heavy atom. The smallest absolute Gasteiger partial charge is 0.133 e. The van der Waals surface area contributed by atoms with Gasteiger partial charge in [0.2, 0.25) is 0 Å². The maximum atomic E-state index is 6.04. The van der Waals surface area contributed by atoms with Gasteiger partial charge in [-0.1, -0.05) is 6.07 Å². The van der Waals surface area contributed by atoms with E-state index in [1.54, 1.807) is 0 Å². The Balaban J connectivity index is 2.27. The molecule has 100 valence electrons. The van der Waals surface area contributed by atoms with Crippen LogP contribution in [0.1, 0.15) is 32.4 Å². The van der Waals surface area contributed by atoms with Crippen molar-refractivity contribution in [1.82, 2.24) is 9.88 Å². The van der Waals surface area contributed by atoms with E-state index in [0.717, 1.165) is 31.0 Å². The third-order valence-corrected chi connectivity index (χ3v) is 3.92. The van der Waals surface area contributed by atoms with Crippen LogP contribution in [-0.2, 0) is 0 Å². The molecule has 2 heterocycles. The molecule has 1 saturated heterocycles. The molecule has 2 N–H and O–H groups in total. The summed E-state index contributed by atoms with van der Waals surface area (Å²) in [6.45, 7) is 9.61. The van der Waals surface area contributed by atoms with Gasteiger partial charge >= 0.3 is 0 Å². The van der Waals surface area contributed by atoms with Gasteiger partial charge in [0.25, 0.3) is 0 Å². The summed E-state index contributed by atoms with van der Waals surface area (Å²) < 4.78 is 0. The van der Waals surface area contributed by atoms with Crippen molar-refractivity contribution in [2.24, 2.45) is 5.73 Å². The van der Waals surface area contributed by atoms with Crippen LogP contribution in [0.4, 0.5) is 5.82 Å². The fourth-order valence-electron chi connectivity index (χ4n) is 2.45. The molecule has 0 radical (unpaired) electrons. The predicted molar refractivity (Wildman–Crippen MR) is 75.8 cm³/mol. The average Bonchev–Trinajstić information content (AvgIpc) is 2.32. The van der Waals surface area contributed by atoms with Crippen molar-refractivity contribution in [3.63, 3.8) is 0 Å². The van der Waals surface area contributed by atoms with Gasteiger partial charge in [0.15, 0.2) is 0 Å². The third-order valence-electron chi connectivity index (χ3n) is 3.92. The summed E-state index contributed by atoms with van der Waals surface area (Å²) in [6.07, 6.45) is 1.85. The average molecular weight is 248 g/mol. The topological polar surface area (TPSA) is 45.4 Å². The Bertz CT molecular complexity index is 414. The zero-order valence-corrected chi connectivity index (χ0v) is 11.8. The second kappa shape index (κ2) is 4.86. The number of hydrogen-bond acceptors (Lipinski definition) is 4. The summed E-state index contributed by atoms with van der Waals surface area (Å²) in [5.74, 6) is 1.05. The van der Waals surface area contributed by atoms with E-state index in [1.165, 1.54) is 0 Å². The highest BCUT2D eigenvalue weighted by Gasteiger charge is 2.32. The van der Waals surface area contributed by atoms with Crippen LogP contribution in [0.15, 0.2) is 18.3 Å². The zero-order chi connectivity index (χ0) is 13.3. The summed E-state index contributed by atoms with van der Waals surface area (Å²) in [4.78, 5) is 9.30. The largest absolute Gasteiger partial charge is 0.353 e. The SMILES string of the molecule is CC(N)c1cccnc1N1CCN(C)C(C)(C)C1. The fourth-order valence-corrected chi connectivity index (χ4v) is 2.45. The highest BCUT2D eigenvalue weighted by atomic mass is 15.3. The van der Waals surface area contributed by atoms with E-state index in [-0.39, 0.29) is 11.6 Å². The molecule has 1 aromatic heterocycles. The number of hydrogen-bond donors (Lipinski definition) is 1. The van der Waals surface area contributed by atoms with E-state index in [0.29, 0.717) is 0 Å². The lowest BCUT2D eigenvalue weighted by Crippen LogP contribution is -2.58. The van der Waals surface area contributed by atoms with Crippen LogP contribution >= 0.6 is 0 Å². The van der Waals surface area contributed by atoms with Gasteiger partial charge in [0, 0.05) is 43.0 Å². The lowest BCUT2D eigenvalue weighted by molar-refractivity contribution is 0.138. The molecule has 1 unspecified atom stereocenters. The number of anilines is 1. The summed E-state index contributed by atoms with van der Waals surface area (Å²) in [5, 5.41) is 0. The molecule has 0 amide bonds. The van der Waals surface area contributed by atoms with Crippen LogP contribution in [0.25, 0.3) is 0 Å². The van der Waals surface area contributed by atoms with Gasteiger partial charge in [0.05, 0.1) is 0 Å². The second-order valence-electron chi connectivity index (χ2n) is 5.86. The predicted octanol–water partition coefficient (Wildman–Crippen LogP) is 1.63. The maximum absolute atomic E-state index is 6.04. The molecule has 4 heteroatoms. The molecule has 0 aromatic carbocycles. The van der Waals surface area contributed by atoms with Gasteiger partial charge in [-0.2, -0.15) is 0 Å². The molecule has 1 aromatic rings. The van der Waals surface area contributed by atoms with Crippen molar-refractivity contribution in [2.45, 2.75) is 32.4 Å². The van der Waals surface area contributed by atoms with E-state index in [9.17, 15) is 0 Å². The Morgan fingerprint density at radius 2 is 2.11 bits per heavy atom. The van der Waals surface area contributed by atoms with E-state index in [1.807, 2.05) is 19.2 Å². The van der Waals surface area contributed by atoms with Crippen molar-refractivity contribution >= 4 is 5.82 Å². The molecule has 1 atom stereocenters. The molecular weight excluding hydrogens is 224 g/mol. The summed E-state index contributed by atoms with van der Waals surface area (Å²) in [7, 11) is 2.18. The number of pyridine rings is 1. The van der Waals surface area contributed by atoms with E-state index >= 15 is 0 Å². The Kier molecular flexibility index (Phi) is 3.59. The highest BCUT2D eigenvalue weighted by Crippen LogP contribution is 2.27. The number of nitrogens with two attached hydrogens (primary N) is 1. The van der Waals surface area contributed by atoms with Gasteiger partial charge in [0.1, 0.15) is 5.82 Å². The number of rotatable bonds is 2. The lowest BCUT2D eigenvalue weighted by atomic mass is 9.99. The summed E-state index contributed by atoms with van der Waals surface area (Å²) in [5.41, 5.74) is 7.35. The standard InChI is InChI=1S/C14H24N4/c1-11(15)12-6-5-7-16-13(12)18-9-8-17(4)14(2,3)10-18/h5-7,11H,8-10,15H2,1-4H3. The van der Waals surface area contributed by atoms with Crippen LogP contribution in [-0.4, -0.2) is 42.1 Å². The molecule has 0 aliphatic carbocycles. The molecule has 1 aliphatic rings. The van der Waals surface area contributed by atoms with Crippen LogP contribution in [0.2, 0.25) is 0 Å². The van der Waals surface area contributed by atoms with Gasteiger partial charge in [-0.25, -0.2) is 4.98 Å². The summed E-state index contributed by atoms with van der Waals surface area (Å²) >= 11 is 0. The fraction of sp³-hybridized carbons (Fsp3) is 0.643. The Morgan fingerprint density at radius 1 is 1.39 bits per heavy atom. The third kappa shape index (κ3) is 2.49. The minimum atomic E-state index is 0.0245. The molecule has 2 rings (SSSR count). The Labute approximate surface area is 110 Å². The maximum Gasteiger partial charge on any atom is 0.133 e. The molecule has 1 fully saturated rings. The number of nitrogens with zero attached hydrogens (tertiary/aromatic N) is 3. The summed E-state index contributed by atoms with van der Waals surface area (Å²) in [6, 6.07) is 4.07. The second-order valence-corrected chi connectivity index (χ2v) is 5.86.